The zero-order valence-corrected chi connectivity index (χ0v) is 15.3. The van der Waals surface area contributed by atoms with E-state index in [2.05, 4.69) is 46.3 Å². The van der Waals surface area contributed by atoms with Crippen LogP contribution in [0, 0.1) is 5.92 Å². The monoisotopic (exact) mass is 352 g/mol. The summed E-state index contributed by atoms with van der Waals surface area (Å²) in [7, 11) is 0. The summed E-state index contributed by atoms with van der Waals surface area (Å²) in [4.78, 5) is 17.5. The number of hydrogen-bond donors (Lipinski definition) is 1. The van der Waals surface area contributed by atoms with Crippen LogP contribution in [-0.2, 0) is 11.3 Å². The summed E-state index contributed by atoms with van der Waals surface area (Å²) in [5, 5.41) is 8.78. The van der Waals surface area contributed by atoms with Crippen LogP contribution < -0.4 is 0 Å². The van der Waals surface area contributed by atoms with Gasteiger partial charge in [-0.2, -0.15) is 0 Å². The molecule has 1 fully saturated rings. The Labute approximate surface area is 155 Å². The van der Waals surface area contributed by atoms with E-state index in [-0.39, 0.29) is 0 Å². The molecule has 1 aliphatic heterocycles. The summed E-state index contributed by atoms with van der Waals surface area (Å²) >= 11 is 0. The van der Waals surface area contributed by atoms with Gasteiger partial charge in [0.25, 0.3) is 0 Å². The SMILES string of the molecule is O=C(O)CCCCCC1CCN(Cc2cccnc2)C1c1ccccc1. The van der Waals surface area contributed by atoms with Crippen molar-refractivity contribution in [1.29, 1.82) is 0 Å². The molecule has 0 saturated carbocycles. The van der Waals surface area contributed by atoms with Gasteiger partial charge in [0.05, 0.1) is 0 Å². The molecule has 1 aromatic heterocycles. The molecule has 2 aromatic rings. The van der Waals surface area contributed by atoms with Crippen molar-refractivity contribution in [2.75, 3.05) is 6.54 Å². The third kappa shape index (κ3) is 5.15. The average Bonchev–Trinajstić information content (AvgIpc) is 3.05. The Morgan fingerprint density at radius 2 is 1.96 bits per heavy atom. The maximum absolute atomic E-state index is 10.7. The van der Waals surface area contributed by atoms with Crippen molar-refractivity contribution in [3.8, 4) is 0 Å². The van der Waals surface area contributed by atoms with E-state index in [9.17, 15) is 4.79 Å². The van der Waals surface area contributed by atoms with Crippen molar-refractivity contribution in [1.82, 2.24) is 9.88 Å². The standard InChI is InChI=1S/C22H28N2O2/c25-21(26)12-6-2-5-11-20-13-15-24(17-18-8-7-14-23-16-18)22(20)19-9-3-1-4-10-19/h1,3-4,7-10,14,16,20,22H,2,5-6,11-13,15,17H2,(H,25,26). The zero-order chi connectivity index (χ0) is 18.2. The summed E-state index contributed by atoms with van der Waals surface area (Å²) in [6.45, 7) is 2.04. The number of carboxylic acid groups (broad SMARTS) is 1. The van der Waals surface area contributed by atoms with E-state index in [1.165, 1.54) is 24.0 Å². The molecule has 1 N–H and O–H groups in total. The molecule has 0 amide bonds. The number of nitrogens with zero attached hydrogens (tertiary/aromatic N) is 2. The van der Waals surface area contributed by atoms with E-state index in [1.54, 1.807) is 0 Å². The molecule has 4 nitrogen and oxygen atoms in total. The highest BCUT2D eigenvalue weighted by Gasteiger charge is 2.34. The molecule has 138 valence electrons. The summed E-state index contributed by atoms with van der Waals surface area (Å²) < 4.78 is 0. The molecule has 1 aliphatic rings. The van der Waals surface area contributed by atoms with E-state index in [4.69, 9.17) is 5.11 Å². The van der Waals surface area contributed by atoms with Gasteiger partial charge in [-0.25, -0.2) is 0 Å². The summed E-state index contributed by atoms with van der Waals surface area (Å²) in [6.07, 6.45) is 9.36. The molecule has 4 heteroatoms. The Morgan fingerprint density at radius 1 is 1.12 bits per heavy atom. The van der Waals surface area contributed by atoms with Crippen molar-refractivity contribution in [2.45, 2.75) is 51.1 Å². The molecule has 2 heterocycles. The van der Waals surface area contributed by atoms with E-state index in [1.807, 2.05) is 18.5 Å². The Bertz CT molecular complexity index is 675. The first-order valence-electron chi connectivity index (χ1n) is 9.64. The summed E-state index contributed by atoms with van der Waals surface area (Å²) in [5.41, 5.74) is 2.65. The maximum Gasteiger partial charge on any atom is 0.303 e. The molecular weight excluding hydrogens is 324 g/mol. The minimum atomic E-state index is -0.685. The third-order valence-corrected chi connectivity index (χ3v) is 5.34. The van der Waals surface area contributed by atoms with Crippen LogP contribution in [0.2, 0.25) is 0 Å². The van der Waals surface area contributed by atoms with Crippen LogP contribution in [0.4, 0.5) is 0 Å². The molecule has 0 radical (unpaired) electrons. The number of hydrogen-bond acceptors (Lipinski definition) is 3. The highest BCUT2D eigenvalue weighted by Crippen LogP contribution is 2.40. The first-order valence-corrected chi connectivity index (χ1v) is 9.64. The van der Waals surface area contributed by atoms with Gasteiger partial charge in [0.15, 0.2) is 0 Å². The molecule has 2 unspecified atom stereocenters. The largest absolute Gasteiger partial charge is 0.481 e. The van der Waals surface area contributed by atoms with Gasteiger partial charge in [-0.05, 0) is 48.9 Å². The molecule has 0 bridgehead atoms. The van der Waals surface area contributed by atoms with Crippen LogP contribution in [0.1, 0.15) is 55.7 Å². The lowest BCUT2D eigenvalue weighted by Gasteiger charge is -2.29. The topological polar surface area (TPSA) is 53.4 Å². The Morgan fingerprint density at radius 3 is 2.69 bits per heavy atom. The molecule has 1 aromatic carbocycles. The molecule has 0 spiro atoms. The number of carbonyl (C=O) groups is 1. The fourth-order valence-corrected chi connectivity index (χ4v) is 4.13. The van der Waals surface area contributed by atoms with Gasteiger partial charge in [-0.3, -0.25) is 14.7 Å². The second-order valence-corrected chi connectivity index (χ2v) is 7.23. The fraction of sp³-hybridized carbons (Fsp3) is 0.455. The number of benzene rings is 1. The molecule has 3 rings (SSSR count). The van der Waals surface area contributed by atoms with Gasteiger partial charge >= 0.3 is 5.97 Å². The fourth-order valence-electron chi connectivity index (χ4n) is 4.13. The summed E-state index contributed by atoms with van der Waals surface area (Å²) in [5.74, 6) is -0.0467. The number of likely N-dealkylation sites (tertiary alicyclic amines) is 1. The van der Waals surface area contributed by atoms with Crippen molar-refractivity contribution in [3.63, 3.8) is 0 Å². The highest BCUT2D eigenvalue weighted by molar-refractivity contribution is 5.66. The van der Waals surface area contributed by atoms with E-state index in [0.717, 1.165) is 32.4 Å². The number of rotatable bonds is 9. The lowest BCUT2D eigenvalue weighted by molar-refractivity contribution is -0.137. The van der Waals surface area contributed by atoms with Gasteiger partial charge < -0.3 is 5.11 Å². The van der Waals surface area contributed by atoms with Crippen molar-refractivity contribution < 1.29 is 9.90 Å². The van der Waals surface area contributed by atoms with Crippen LogP contribution >= 0.6 is 0 Å². The number of aliphatic carboxylic acids is 1. The lowest BCUT2D eigenvalue weighted by Crippen LogP contribution is -2.25. The Kier molecular flexibility index (Phi) is 6.78. The van der Waals surface area contributed by atoms with Gasteiger partial charge in [0, 0.05) is 31.4 Å². The number of unbranched alkanes of at least 4 members (excludes halogenated alkanes) is 2. The number of carboxylic acids is 1. The van der Waals surface area contributed by atoms with E-state index < -0.39 is 5.97 Å². The van der Waals surface area contributed by atoms with Crippen molar-refractivity contribution in [3.05, 3.63) is 66.0 Å². The van der Waals surface area contributed by atoms with E-state index in [0.29, 0.717) is 18.4 Å². The molecule has 0 aliphatic carbocycles. The number of aromatic nitrogens is 1. The third-order valence-electron chi connectivity index (χ3n) is 5.34. The van der Waals surface area contributed by atoms with Crippen LogP contribution in [0.5, 0.6) is 0 Å². The predicted octanol–water partition coefficient (Wildman–Crippen LogP) is 4.68. The first kappa shape index (κ1) is 18.6. The minimum absolute atomic E-state index is 0.292. The predicted molar refractivity (Wildman–Crippen MR) is 103 cm³/mol. The molecule has 2 atom stereocenters. The molecule has 1 saturated heterocycles. The quantitative estimate of drug-likeness (QED) is 0.666. The van der Waals surface area contributed by atoms with E-state index >= 15 is 0 Å². The second-order valence-electron chi connectivity index (χ2n) is 7.23. The van der Waals surface area contributed by atoms with Crippen molar-refractivity contribution >= 4 is 5.97 Å². The average molecular weight is 352 g/mol. The normalized spacial score (nSPS) is 20.3. The van der Waals surface area contributed by atoms with Crippen LogP contribution in [-0.4, -0.2) is 27.5 Å². The summed E-state index contributed by atoms with van der Waals surface area (Å²) in [6, 6.07) is 15.4. The zero-order valence-electron chi connectivity index (χ0n) is 15.3. The Balaban J connectivity index is 1.64. The highest BCUT2D eigenvalue weighted by atomic mass is 16.4. The molecular formula is C22H28N2O2. The second kappa shape index (κ2) is 9.48. The van der Waals surface area contributed by atoms with Gasteiger partial charge in [-0.15, -0.1) is 0 Å². The van der Waals surface area contributed by atoms with Crippen molar-refractivity contribution in [2.24, 2.45) is 5.92 Å². The Hall–Kier alpha value is -2.20. The van der Waals surface area contributed by atoms with Gasteiger partial charge in [-0.1, -0.05) is 49.2 Å². The minimum Gasteiger partial charge on any atom is -0.481 e. The van der Waals surface area contributed by atoms with Crippen LogP contribution in [0.25, 0.3) is 0 Å². The molecule has 26 heavy (non-hydrogen) atoms. The van der Waals surface area contributed by atoms with Crippen LogP contribution in [0.15, 0.2) is 54.9 Å². The van der Waals surface area contributed by atoms with Gasteiger partial charge in [0.2, 0.25) is 0 Å². The maximum atomic E-state index is 10.7. The van der Waals surface area contributed by atoms with Gasteiger partial charge in [0.1, 0.15) is 0 Å². The van der Waals surface area contributed by atoms with Crippen LogP contribution in [0.3, 0.4) is 0 Å². The first-order chi connectivity index (χ1) is 12.7. The lowest BCUT2D eigenvalue weighted by atomic mass is 9.89. The smallest absolute Gasteiger partial charge is 0.303 e. The number of pyridine rings is 1.